The van der Waals surface area contributed by atoms with Crippen molar-refractivity contribution in [2.75, 3.05) is 13.2 Å². The van der Waals surface area contributed by atoms with Crippen LogP contribution in [0.2, 0.25) is 0 Å². The quantitative estimate of drug-likeness (QED) is 0.663. The summed E-state index contributed by atoms with van der Waals surface area (Å²) >= 11 is 0. The molecular weight excluding hydrogens is 182 g/mol. The lowest BCUT2D eigenvalue weighted by molar-refractivity contribution is -0.131. The molecule has 1 rings (SSSR count). The number of carboxylic acid groups (broad SMARTS) is 1. The van der Waals surface area contributed by atoms with E-state index in [4.69, 9.17) is 9.84 Å². The summed E-state index contributed by atoms with van der Waals surface area (Å²) in [5.41, 5.74) is 0. The monoisotopic (exact) mass is 199 g/mol. The largest absolute Gasteiger partial charge is 0.478 e. The fraction of sp³-hybridized carbons (Fsp3) is 0.700. The second-order valence-electron chi connectivity index (χ2n) is 3.60. The van der Waals surface area contributed by atoms with Crippen molar-refractivity contribution in [3.63, 3.8) is 0 Å². The summed E-state index contributed by atoms with van der Waals surface area (Å²) in [6, 6.07) is 0.269. The highest BCUT2D eigenvalue weighted by Crippen LogP contribution is 2.16. The number of nitrogens with one attached hydrogen (secondary N) is 1. The molecule has 0 amide bonds. The maximum Gasteiger partial charge on any atom is 0.329 e. The van der Waals surface area contributed by atoms with Gasteiger partial charge in [-0.15, -0.1) is 0 Å². The first kappa shape index (κ1) is 11.0. The highest BCUT2D eigenvalue weighted by Gasteiger charge is 2.19. The number of aliphatic carboxylic acids is 1. The van der Waals surface area contributed by atoms with Crippen molar-refractivity contribution < 1.29 is 14.6 Å². The molecule has 2 atom stereocenters. The summed E-state index contributed by atoms with van der Waals surface area (Å²) in [6.07, 6.45) is 4.84. The molecule has 2 N–H and O–H groups in total. The summed E-state index contributed by atoms with van der Waals surface area (Å²) in [5.74, 6) is -0.438. The predicted octanol–water partition coefficient (Wildman–Crippen LogP) is 0.989. The third-order valence-corrected chi connectivity index (χ3v) is 2.49. The fourth-order valence-corrected chi connectivity index (χ4v) is 1.57. The van der Waals surface area contributed by atoms with Crippen LogP contribution < -0.4 is 5.32 Å². The lowest BCUT2D eigenvalue weighted by atomic mass is 9.95. The van der Waals surface area contributed by atoms with Gasteiger partial charge in [0.15, 0.2) is 0 Å². The van der Waals surface area contributed by atoms with Gasteiger partial charge in [0, 0.05) is 30.8 Å². The molecule has 2 unspecified atom stereocenters. The van der Waals surface area contributed by atoms with Crippen LogP contribution in [0.5, 0.6) is 0 Å². The highest BCUT2D eigenvalue weighted by molar-refractivity contribution is 5.79. The Balaban J connectivity index is 2.25. The normalized spacial score (nSPS) is 24.8. The second kappa shape index (κ2) is 5.65. The molecule has 1 aliphatic heterocycles. The summed E-state index contributed by atoms with van der Waals surface area (Å²) in [7, 11) is 0. The van der Waals surface area contributed by atoms with Gasteiger partial charge in [0.1, 0.15) is 0 Å². The van der Waals surface area contributed by atoms with E-state index in [1.165, 1.54) is 6.20 Å². The number of rotatable bonds is 4. The summed E-state index contributed by atoms with van der Waals surface area (Å²) in [5, 5.41) is 11.4. The van der Waals surface area contributed by atoms with E-state index in [2.05, 4.69) is 5.32 Å². The number of carboxylic acids is 1. The number of hydrogen-bond acceptors (Lipinski definition) is 3. The molecule has 4 heteroatoms. The molecule has 1 heterocycles. The van der Waals surface area contributed by atoms with E-state index in [0.29, 0.717) is 5.92 Å². The van der Waals surface area contributed by atoms with Crippen molar-refractivity contribution in [2.24, 2.45) is 5.92 Å². The van der Waals surface area contributed by atoms with Crippen LogP contribution in [-0.4, -0.2) is 30.3 Å². The van der Waals surface area contributed by atoms with Gasteiger partial charge >= 0.3 is 5.97 Å². The minimum atomic E-state index is -0.926. The van der Waals surface area contributed by atoms with Crippen LogP contribution in [0.4, 0.5) is 0 Å². The zero-order chi connectivity index (χ0) is 10.4. The van der Waals surface area contributed by atoms with Crippen molar-refractivity contribution in [1.29, 1.82) is 0 Å². The minimum absolute atomic E-state index is 0.269. The number of carbonyl (C=O) groups is 1. The van der Waals surface area contributed by atoms with Crippen LogP contribution in [0.1, 0.15) is 19.8 Å². The third-order valence-electron chi connectivity index (χ3n) is 2.49. The minimum Gasteiger partial charge on any atom is -0.478 e. The molecule has 1 aliphatic rings. The van der Waals surface area contributed by atoms with Gasteiger partial charge < -0.3 is 15.2 Å². The van der Waals surface area contributed by atoms with E-state index >= 15 is 0 Å². The molecule has 14 heavy (non-hydrogen) atoms. The first-order valence-corrected chi connectivity index (χ1v) is 4.93. The van der Waals surface area contributed by atoms with E-state index in [-0.39, 0.29) is 6.04 Å². The Bertz CT molecular complexity index is 209. The number of ether oxygens (including phenoxy) is 1. The summed E-state index contributed by atoms with van der Waals surface area (Å²) < 4.78 is 5.35. The Hall–Kier alpha value is -1.03. The lowest BCUT2D eigenvalue weighted by Crippen LogP contribution is -2.35. The number of hydrogen-bond donors (Lipinski definition) is 2. The summed E-state index contributed by atoms with van der Waals surface area (Å²) in [6.45, 7) is 3.68. The van der Waals surface area contributed by atoms with Crippen LogP contribution in [0.3, 0.4) is 0 Å². The van der Waals surface area contributed by atoms with Crippen LogP contribution in [0.15, 0.2) is 12.3 Å². The van der Waals surface area contributed by atoms with E-state index in [1.807, 2.05) is 6.92 Å². The van der Waals surface area contributed by atoms with Crippen LogP contribution in [0, 0.1) is 5.92 Å². The molecule has 0 aliphatic carbocycles. The zero-order valence-corrected chi connectivity index (χ0v) is 8.40. The molecule has 0 bridgehead atoms. The predicted molar refractivity (Wildman–Crippen MR) is 52.9 cm³/mol. The van der Waals surface area contributed by atoms with E-state index in [1.54, 1.807) is 0 Å². The zero-order valence-electron chi connectivity index (χ0n) is 8.40. The fourth-order valence-electron chi connectivity index (χ4n) is 1.57. The second-order valence-corrected chi connectivity index (χ2v) is 3.60. The Kier molecular flexibility index (Phi) is 4.46. The molecule has 0 radical (unpaired) electrons. The van der Waals surface area contributed by atoms with Crippen molar-refractivity contribution in [3.05, 3.63) is 12.3 Å². The van der Waals surface area contributed by atoms with Gasteiger partial charge in [-0.1, -0.05) is 0 Å². The molecule has 0 saturated carbocycles. The Labute approximate surface area is 83.9 Å². The van der Waals surface area contributed by atoms with Gasteiger partial charge in [-0.3, -0.25) is 0 Å². The molecule has 4 nitrogen and oxygen atoms in total. The van der Waals surface area contributed by atoms with Crippen molar-refractivity contribution in [2.45, 2.75) is 25.8 Å². The van der Waals surface area contributed by atoms with Gasteiger partial charge in [0.05, 0.1) is 6.61 Å². The Morgan fingerprint density at radius 3 is 3.07 bits per heavy atom. The SMILES string of the molecule is CC(N/C=C/C(=O)O)C1CCCOC1. The van der Waals surface area contributed by atoms with Crippen molar-refractivity contribution in [1.82, 2.24) is 5.32 Å². The molecule has 0 spiro atoms. The van der Waals surface area contributed by atoms with E-state index < -0.39 is 5.97 Å². The lowest BCUT2D eigenvalue weighted by Gasteiger charge is -2.27. The maximum absolute atomic E-state index is 10.2. The van der Waals surface area contributed by atoms with Gasteiger partial charge in [-0.2, -0.15) is 0 Å². The Morgan fingerprint density at radius 2 is 2.50 bits per heavy atom. The van der Waals surface area contributed by atoms with Crippen LogP contribution in [-0.2, 0) is 9.53 Å². The third kappa shape index (κ3) is 3.79. The topological polar surface area (TPSA) is 58.6 Å². The first-order valence-electron chi connectivity index (χ1n) is 4.93. The standard InChI is InChI=1S/C10H17NO3/c1-8(11-5-4-10(12)13)9-3-2-6-14-7-9/h4-5,8-9,11H,2-3,6-7H2,1H3,(H,12,13)/b5-4+. The molecule has 0 aromatic heterocycles. The average Bonchev–Trinajstić information content (AvgIpc) is 2.18. The first-order chi connectivity index (χ1) is 6.70. The van der Waals surface area contributed by atoms with E-state index in [0.717, 1.165) is 32.1 Å². The smallest absolute Gasteiger partial charge is 0.329 e. The molecule has 1 fully saturated rings. The highest BCUT2D eigenvalue weighted by atomic mass is 16.5. The van der Waals surface area contributed by atoms with Crippen molar-refractivity contribution >= 4 is 5.97 Å². The Morgan fingerprint density at radius 1 is 1.71 bits per heavy atom. The molecule has 0 aromatic carbocycles. The molecule has 0 aromatic rings. The maximum atomic E-state index is 10.2. The van der Waals surface area contributed by atoms with Crippen LogP contribution >= 0.6 is 0 Å². The van der Waals surface area contributed by atoms with Crippen LogP contribution in [0.25, 0.3) is 0 Å². The van der Waals surface area contributed by atoms with Gasteiger partial charge in [-0.25, -0.2) is 4.79 Å². The molecular formula is C10H17NO3. The van der Waals surface area contributed by atoms with Crippen molar-refractivity contribution in [3.8, 4) is 0 Å². The molecule has 80 valence electrons. The molecule has 1 saturated heterocycles. The van der Waals surface area contributed by atoms with Gasteiger partial charge in [0.2, 0.25) is 0 Å². The van der Waals surface area contributed by atoms with E-state index in [9.17, 15) is 4.79 Å². The summed E-state index contributed by atoms with van der Waals surface area (Å²) in [4.78, 5) is 10.2. The van der Waals surface area contributed by atoms with Gasteiger partial charge in [-0.05, 0) is 19.8 Å². The van der Waals surface area contributed by atoms with Gasteiger partial charge in [0.25, 0.3) is 0 Å². The average molecular weight is 199 g/mol.